The number of thioether (sulfide) groups is 1. The first-order valence-corrected chi connectivity index (χ1v) is 7.21. The molecular formula is C15H15F3N2S. The predicted octanol–water partition coefficient (Wildman–Crippen LogP) is 4.29. The van der Waals surface area contributed by atoms with E-state index in [-0.39, 0.29) is 16.7 Å². The lowest BCUT2D eigenvalue weighted by atomic mass is 10.2. The molecule has 0 unspecified atom stereocenters. The van der Waals surface area contributed by atoms with Crippen LogP contribution in [0.15, 0.2) is 47.5 Å². The average Bonchev–Trinajstić information content (AvgIpc) is 2.41. The molecule has 0 fully saturated rings. The Kier molecular flexibility index (Phi) is 5.25. The zero-order valence-electron chi connectivity index (χ0n) is 11.4. The van der Waals surface area contributed by atoms with Crippen molar-refractivity contribution < 1.29 is 13.2 Å². The summed E-state index contributed by atoms with van der Waals surface area (Å²) >= 11 is -0.0983. The summed E-state index contributed by atoms with van der Waals surface area (Å²) in [7, 11) is 0. The van der Waals surface area contributed by atoms with Gasteiger partial charge in [-0.3, -0.25) is 4.98 Å². The molecule has 0 amide bonds. The maximum absolute atomic E-state index is 12.2. The van der Waals surface area contributed by atoms with Crippen molar-refractivity contribution in [2.24, 2.45) is 0 Å². The Balaban J connectivity index is 1.85. The molecule has 0 aliphatic rings. The second-order valence-corrected chi connectivity index (χ2v) is 5.70. The molecule has 2 nitrogen and oxygen atoms in total. The fourth-order valence-electron chi connectivity index (χ4n) is 1.84. The molecule has 1 aromatic carbocycles. The summed E-state index contributed by atoms with van der Waals surface area (Å²) in [6, 6.07) is 10.3. The molecule has 0 aliphatic heterocycles. The summed E-state index contributed by atoms with van der Waals surface area (Å²) in [6.45, 7) is 3.21. The molecule has 2 aromatic rings. The Hall–Kier alpha value is -1.53. The van der Waals surface area contributed by atoms with Crippen LogP contribution in [-0.2, 0) is 13.1 Å². The molecule has 2 rings (SSSR count). The van der Waals surface area contributed by atoms with E-state index in [4.69, 9.17) is 0 Å². The summed E-state index contributed by atoms with van der Waals surface area (Å²) in [6.07, 6.45) is 1.74. The van der Waals surface area contributed by atoms with E-state index in [0.717, 1.165) is 16.8 Å². The van der Waals surface area contributed by atoms with Gasteiger partial charge in [-0.25, -0.2) is 0 Å². The number of aryl methyl sites for hydroxylation is 1. The third-order valence-corrected chi connectivity index (χ3v) is 3.64. The van der Waals surface area contributed by atoms with E-state index in [1.54, 1.807) is 18.3 Å². The van der Waals surface area contributed by atoms with Gasteiger partial charge in [-0.1, -0.05) is 18.2 Å². The van der Waals surface area contributed by atoms with Crippen molar-refractivity contribution >= 4 is 11.8 Å². The molecule has 21 heavy (non-hydrogen) atoms. The molecule has 1 N–H and O–H groups in total. The molecule has 6 heteroatoms. The zero-order valence-corrected chi connectivity index (χ0v) is 12.3. The highest BCUT2D eigenvalue weighted by Crippen LogP contribution is 2.36. The van der Waals surface area contributed by atoms with E-state index in [2.05, 4.69) is 10.3 Å². The molecule has 1 heterocycles. The van der Waals surface area contributed by atoms with Crippen LogP contribution in [-0.4, -0.2) is 10.5 Å². The molecule has 0 aliphatic carbocycles. The maximum atomic E-state index is 12.2. The third kappa shape index (κ3) is 5.40. The molecule has 0 saturated carbocycles. The minimum atomic E-state index is -4.24. The van der Waals surface area contributed by atoms with Crippen LogP contribution < -0.4 is 5.32 Å². The van der Waals surface area contributed by atoms with Gasteiger partial charge in [0.05, 0.1) is 5.69 Å². The van der Waals surface area contributed by atoms with Gasteiger partial charge in [0.25, 0.3) is 0 Å². The van der Waals surface area contributed by atoms with Crippen LogP contribution in [0.4, 0.5) is 13.2 Å². The van der Waals surface area contributed by atoms with Crippen molar-refractivity contribution in [2.75, 3.05) is 0 Å². The number of alkyl halides is 3. The molecule has 0 spiro atoms. The summed E-state index contributed by atoms with van der Waals surface area (Å²) in [5, 5.41) is 3.23. The van der Waals surface area contributed by atoms with Crippen LogP contribution in [0, 0.1) is 6.92 Å². The van der Waals surface area contributed by atoms with Gasteiger partial charge >= 0.3 is 5.51 Å². The van der Waals surface area contributed by atoms with Gasteiger partial charge in [-0.05, 0) is 48.0 Å². The van der Waals surface area contributed by atoms with E-state index in [9.17, 15) is 13.2 Å². The van der Waals surface area contributed by atoms with Crippen molar-refractivity contribution in [1.82, 2.24) is 10.3 Å². The minimum absolute atomic E-state index is 0.0983. The number of benzene rings is 1. The summed E-state index contributed by atoms with van der Waals surface area (Å²) < 4.78 is 36.6. The van der Waals surface area contributed by atoms with E-state index in [1.165, 1.54) is 12.1 Å². The van der Waals surface area contributed by atoms with Gasteiger partial charge < -0.3 is 5.32 Å². The van der Waals surface area contributed by atoms with Gasteiger partial charge in [0.2, 0.25) is 0 Å². The first kappa shape index (κ1) is 15.9. The monoisotopic (exact) mass is 312 g/mol. The topological polar surface area (TPSA) is 24.9 Å². The van der Waals surface area contributed by atoms with Gasteiger partial charge in [0.1, 0.15) is 0 Å². The van der Waals surface area contributed by atoms with Crippen LogP contribution in [0.3, 0.4) is 0 Å². The van der Waals surface area contributed by atoms with Crippen molar-refractivity contribution in [2.45, 2.75) is 30.4 Å². The Bertz CT molecular complexity index is 582. The Morgan fingerprint density at radius 3 is 2.43 bits per heavy atom. The van der Waals surface area contributed by atoms with Crippen LogP contribution in [0.2, 0.25) is 0 Å². The first-order chi connectivity index (χ1) is 9.94. The molecule has 1 aromatic heterocycles. The predicted molar refractivity (Wildman–Crippen MR) is 77.9 cm³/mol. The maximum Gasteiger partial charge on any atom is 0.446 e. The molecule has 0 atom stereocenters. The highest BCUT2D eigenvalue weighted by Gasteiger charge is 2.28. The van der Waals surface area contributed by atoms with E-state index in [0.29, 0.717) is 13.1 Å². The van der Waals surface area contributed by atoms with Gasteiger partial charge in [-0.2, -0.15) is 13.2 Å². The minimum Gasteiger partial charge on any atom is -0.307 e. The lowest BCUT2D eigenvalue weighted by Gasteiger charge is -2.08. The number of rotatable bonds is 5. The Labute approximate surface area is 125 Å². The number of nitrogens with zero attached hydrogens (tertiary/aromatic N) is 1. The van der Waals surface area contributed by atoms with Gasteiger partial charge in [-0.15, -0.1) is 0 Å². The van der Waals surface area contributed by atoms with Crippen LogP contribution in [0.5, 0.6) is 0 Å². The van der Waals surface area contributed by atoms with Crippen LogP contribution in [0.1, 0.15) is 16.8 Å². The van der Waals surface area contributed by atoms with Crippen molar-refractivity contribution in [3.05, 3.63) is 59.4 Å². The summed E-state index contributed by atoms with van der Waals surface area (Å²) in [5.41, 5.74) is -1.21. The fourth-order valence-corrected chi connectivity index (χ4v) is 2.38. The normalized spacial score (nSPS) is 11.6. The second kappa shape index (κ2) is 6.95. The number of nitrogens with one attached hydrogen (secondary N) is 1. The van der Waals surface area contributed by atoms with Gasteiger partial charge in [0.15, 0.2) is 0 Å². The molecule has 0 radical (unpaired) electrons. The number of hydrogen-bond donors (Lipinski definition) is 1. The lowest BCUT2D eigenvalue weighted by Crippen LogP contribution is -2.14. The van der Waals surface area contributed by atoms with Crippen LogP contribution >= 0.6 is 11.8 Å². The fraction of sp³-hybridized carbons (Fsp3) is 0.267. The highest BCUT2D eigenvalue weighted by molar-refractivity contribution is 8.00. The number of pyridine rings is 1. The second-order valence-electron chi connectivity index (χ2n) is 4.56. The summed E-state index contributed by atoms with van der Waals surface area (Å²) in [5.74, 6) is 0. The van der Waals surface area contributed by atoms with Crippen molar-refractivity contribution in [3.63, 3.8) is 0 Å². The SMILES string of the molecule is Cc1cccnc1CNCc1ccc(SC(F)(F)F)cc1. The largest absolute Gasteiger partial charge is 0.446 e. The quantitative estimate of drug-likeness (QED) is 0.834. The smallest absolute Gasteiger partial charge is 0.307 e. The van der Waals surface area contributed by atoms with Gasteiger partial charge in [0, 0.05) is 24.2 Å². The zero-order chi connectivity index (χ0) is 15.3. The van der Waals surface area contributed by atoms with E-state index >= 15 is 0 Å². The number of hydrogen-bond acceptors (Lipinski definition) is 3. The lowest BCUT2D eigenvalue weighted by molar-refractivity contribution is -0.0328. The molecule has 0 bridgehead atoms. The first-order valence-electron chi connectivity index (χ1n) is 6.40. The number of halogens is 3. The van der Waals surface area contributed by atoms with Crippen LogP contribution in [0.25, 0.3) is 0 Å². The third-order valence-electron chi connectivity index (χ3n) is 2.90. The number of aromatic nitrogens is 1. The standard InChI is InChI=1S/C15H15F3N2S/c1-11-3-2-8-20-14(11)10-19-9-12-4-6-13(7-5-12)21-15(16,17)18/h2-8,19H,9-10H2,1H3. The Morgan fingerprint density at radius 2 is 1.81 bits per heavy atom. The molecular weight excluding hydrogens is 297 g/mol. The molecule has 112 valence electrons. The van der Waals surface area contributed by atoms with E-state index in [1.807, 2.05) is 19.1 Å². The molecule has 0 saturated heterocycles. The van der Waals surface area contributed by atoms with Crippen molar-refractivity contribution in [1.29, 1.82) is 0 Å². The van der Waals surface area contributed by atoms with E-state index < -0.39 is 5.51 Å². The van der Waals surface area contributed by atoms with Crippen molar-refractivity contribution in [3.8, 4) is 0 Å². The highest BCUT2D eigenvalue weighted by atomic mass is 32.2. The summed E-state index contributed by atoms with van der Waals surface area (Å²) in [4.78, 5) is 4.47. The Morgan fingerprint density at radius 1 is 1.10 bits per heavy atom. The average molecular weight is 312 g/mol.